The first-order valence-corrected chi connectivity index (χ1v) is 10.8. The smallest absolute Gasteiger partial charge is 0.416 e. The summed E-state index contributed by atoms with van der Waals surface area (Å²) in [6.45, 7) is 2.34. The topological polar surface area (TPSA) is 62.2 Å². The molecule has 2 aliphatic heterocycles. The first-order chi connectivity index (χ1) is 16.0. The number of hydrogen-bond acceptors (Lipinski definition) is 5. The number of hydrazone groups is 1. The Bertz CT molecular complexity index is 1230. The third-order valence-corrected chi connectivity index (χ3v) is 5.93. The molecule has 0 unspecified atom stereocenters. The molecule has 0 bridgehead atoms. The van der Waals surface area contributed by atoms with E-state index in [1.807, 2.05) is 61.5 Å². The third-order valence-electron chi connectivity index (χ3n) is 5.93. The van der Waals surface area contributed by atoms with Gasteiger partial charge in [0.2, 0.25) is 0 Å². The summed E-state index contributed by atoms with van der Waals surface area (Å²) >= 11 is 0. The number of anilines is 1. The molecular weight excluding hydrogens is 421 g/mol. The first-order valence-electron chi connectivity index (χ1n) is 10.8. The lowest BCUT2D eigenvalue weighted by Gasteiger charge is -2.29. The number of rotatable bonds is 4. The third kappa shape index (κ3) is 3.86. The van der Waals surface area contributed by atoms with Crippen LogP contribution in [0.2, 0.25) is 0 Å². The summed E-state index contributed by atoms with van der Waals surface area (Å²) in [5, 5.41) is 6.57. The summed E-state index contributed by atoms with van der Waals surface area (Å²) in [6, 6.07) is 22.5. The molecule has 0 aliphatic carbocycles. The Kier molecular flexibility index (Phi) is 5.38. The molecular formula is C26H22FN3O3. The number of hydrogen-bond donors (Lipinski definition) is 0. The van der Waals surface area contributed by atoms with Crippen LogP contribution < -0.4 is 5.01 Å². The van der Waals surface area contributed by atoms with Crippen molar-refractivity contribution >= 4 is 23.4 Å². The van der Waals surface area contributed by atoms with Gasteiger partial charge in [-0.25, -0.2) is 14.1 Å². The normalized spacial score (nSPS) is 20.1. The molecule has 0 aromatic heterocycles. The molecule has 1 fully saturated rings. The number of amides is 2. The fraction of sp³-hybridized carbons (Fsp3) is 0.192. The molecule has 2 heterocycles. The van der Waals surface area contributed by atoms with Crippen molar-refractivity contribution in [1.29, 1.82) is 0 Å². The molecule has 0 spiro atoms. The van der Waals surface area contributed by atoms with E-state index in [0.29, 0.717) is 5.71 Å². The lowest BCUT2D eigenvalue weighted by molar-refractivity contribution is -0.129. The number of nitrogens with zero attached hydrogens (tertiary/aromatic N) is 3. The molecule has 3 aromatic carbocycles. The van der Waals surface area contributed by atoms with Crippen LogP contribution in [0.15, 0.2) is 84.0 Å². The molecule has 0 saturated carbocycles. The predicted octanol–water partition coefficient (Wildman–Crippen LogP) is 4.49. The highest BCUT2D eigenvalue weighted by molar-refractivity contribution is 6.13. The van der Waals surface area contributed by atoms with Crippen LogP contribution in [0.25, 0.3) is 0 Å². The van der Waals surface area contributed by atoms with Crippen molar-refractivity contribution < 1.29 is 18.7 Å². The number of imide groups is 1. The summed E-state index contributed by atoms with van der Waals surface area (Å²) in [6.07, 6.45) is -0.658. The lowest BCUT2D eigenvalue weighted by atomic mass is 9.84. The maximum absolute atomic E-state index is 13.8. The van der Waals surface area contributed by atoms with E-state index in [0.717, 1.165) is 27.3 Å². The molecule has 6 nitrogen and oxygen atoms in total. The van der Waals surface area contributed by atoms with Gasteiger partial charge in [0.25, 0.3) is 5.91 Å². The van der Waals surface area contributed by atoms with Gasteiger partial charge in [0, 0.05) is 0 Å². The zero-order chi connectivity index (χ0) is 22.9. The minimum Gasteiger partial charge on any atom is -0.447 e. The minimum absolute atomic E-state index is 0.162. The van der Waals surface area contributed by atoms with Crippen LogP contribution in [0, 0.1) is 12.7 Å². The Morgan fingerprint density at radius 1 is 1.03 bits per heavy atom. The molecule has 33 heavy (non-hydrogen) atoms. The molecule has 0 N–H and O–H groups in total. The molecule has 0 radical (unpaired) electrons. The van der Waals surface area contributed by atoms with Crippen LogP contribution >= 0.6 is 0 Å². The molecule has 166 valence electrons. The summed E-state index contributed by atoms with van der Waals surface area (Å²) in [5.74, 6) is -1.28. The van der Waals surface area contributed by atoms with Crippen LogP contribution in [0.5, 0.6) is 0 Å². The zero-order valence-corrected chi connectivity index (χ0v) is 18.0. The number of halogens is 1. The van der Waals surface area contributed by atoms with Crippen LogP contribution in [0.1, 0.15) is 22.6 Å². The van der Waals surface area contributed by atoms with Gasteiger partial charge in [-0.15, -0.1) is 0 Å². The number of carbonyl (C=O) groups excluding carboxylic acids is 2. The average Bonchev–Trinajstić information content (AvgIpc) is 3.44. The Labute approximate surface area is 190 Å². The zero-order valence-electron chi connectivity index (χ0n) is 18.0. The standard InChI is InChI=1S/C26H22FN3O3/c1-17-6-5-7-19(16-17)23-22(18-10-12-20(27)13-11-18)24(25(31)29-14-15-33-26(29)32)30(28-23)21-8-3-2-4-9-21/h2-13,16,22,24H,14-15H2,1H3/t22-,24-/m1/s1. The summed E-state index contributed by atoms with van der Waals surface area (Å²) in [5.41, 5.74) is 4.06. The fourth-order valence-electron chi connectivity index (χ4n) is 4.38. The molecule has 3 aromatic rings. The Morgan fingerprint density at radius 2 is 1.79 bits per heavy atom. The molecule has 2 aliphatic rings. The molecule has 1 saturated heterocycles. The highest BCUT2D eigenvalue weighted by atomic mass is 19.1. The number of para-hydroxylation sites is 1. The summed E-state index contributed by atoms with van der Waals surface area (Å²) in [4.78, 5) is 27.2. The van der Waals surface area contributed by atoms with Gasteiger partial charge >= 0.3 is 6.09 Å². The quantitative estimate of drug-likeness (QED) is 0.596. The van der Waals surface area contributed by atoms with Crippen molar-refractivity contribution in [3.63, 3.8) is 0 Å². The monoisotopic (exact) mass is 443 g/mol. The van der Waals surface area contributed by atoms with E-state index in [-0.39, 0.29) is 19.0 Å². The van der Waals surface area contributed by atoms with Crippen LogP contribution in [0.4, 0.5) is 14.9 Å². The van der Waals surface area contributed by atoms with E-state index in [2.05, 4.69) is 0 Å². The Morgan fingerprint density at radius 3 is 2.45 bits per heavy atom. The Hall–Kier alpha value is -4.00. The molecule has 7 heteroatoms. The van der Waals surface area contributed by atoms with Crippen molar-refractivity contribution in [3.8, 4) is 0 Å². The number of ether oxygens (including phenoxy) is 1. The number of carbonyl (C=O) groups is 2. The average molecular weight is 443 g/mol. The van der Waals surface area contributed by atoms with Crippen LogP contribution in [0.3, 0.4) is 0 Å². The number of benzene rings is 3. The first kappa shape index (κ1) is 20.9. The van der Waals surface area contributed by atoms with Crippen molar-refractivity contribution in [2.45, 2.75) is 18.9 Å². The van der Waals surface area contributed by atoms with Gasteiger partial charge in [-0.05, 0) is 42.3 Å². The molecule has 2 amide bonds. The number of aryl methyl sites for hydroxylation is 1. The predicted molar refractivity (Wildman–Crippen MR) is 123 cm³/mol. The van der Waals surface area contributed by atoms with E-state index < -0.39 is 24.0 Å². The van der Waals surface area contributed by atoms with Crippen LogP contribution in [-0.4, -0.2) is 41.8 Å². The van der Waals surface area contributed by atoms with Crippen molar-refractivity contribution in [1.82, 2.24) is 4.90 Å². The fourth-order valence-corrected chi connectivity index (χ4v) is 4.38. The van der Waals surface area contributed by atoms with Gasteiger partial charge in [-0.1, -0.05) is 60.2 Å². The Balaban J connectivity index is 1.69. The lowest BCUT2D eigenvalue weighted by Crippen LogP contribution is -2.48. The van der Waals surface area contributed by atoms with E-state index >= 15 is 0 Å². The number of cyclic esters (lactones) is 1. The highest BCUT2D eigenvalue weighted by Gasteiger charge is 2.48. The van der Waals surface area contributed by atoms with Crippen molar-refractivity contribution in [2.75, 3.05) is 18.2 Å². The second-order valence-electron chi connectivity index (χ2n) is 8.11. The maximum Gasteiger partial charge on any atom is 0.416 e. The maximum atomic E-state index is 13.8. The van der Waals surface area contributed by atoms with E-state index in [1.165, 1.54) is 12.1 Å². The second-order valence-corrected chi connectivity index (χ2v) is 8.11. The van der Waals surface area contributed by atoms with Gasteiger partial charge in [-0.2, -0.15) is 5.10 Å². The summed E-state index contributed by atoms with van der Waals surface area (Å²) in [7, 11) is 0. The van der Waals surface area contributed by atoms with E-state index in [4.69, 9.17) is 9.84 Å². The van der Waals surface area contributed by atoms with Crippen molar-refractivity contribution in [3.05, 3.63) is 101 Å². The molecule has 5 rings (SSSR count). The van der Waals surface area contributed by atoms with Gasteiger partial charge < -0.3 is 4.74 Å². The molecule has 2 atom stereocenters. The van der Waals surface area contributed by atoms with Gasteiger partial charge in [0.15, 0.2) is 0 Å². The minimum atomic E-state index is -0.834. The SMILES string of the molecule is Cc1cccc(C2=NN(c3ccccc3)[C@@H](C(=O)N3CCOC3=O)[C@@H]2c2ccc(F)cc2)c1. The van der Waals surface area contributed by atoms with Crippen LogP contribution in [-0.2, 0) is 9.53 Å². The van der Waals surface area contributed by atoms with E-state index in [9.17, 15) is 14.0 Å². The highest BCUT2D eigenvalue weighted by Crippen LogP contribution is 2.38. The van der Waals surface area contributed by atoms with Crippen molar-refractivity contribution in [2.24, 2.45) is 5.10 Å². The van der Waals surface area contributed by atoms with Gasteiger partial charge in [0.05, 0.1) is 23.9 Å². The summed E-state index contributed by atoms with van der Waals surface area (Å²) < 4.78 is 18.8. The van der Waals surface area contributed by atoms with Gasteiger partial charge in [0.1, 0.15) is 18.5 Å². The van der Waals surface area contributed by atoms with Gasteiger partial charge in [-0.3, -0.25) is 9.80 Å². The van der Waals surface area contributed by atoms with E-state index in [1.54, 1.807) is 17.1 Å². The largest absolute Gasteiger partial charge is 0.447 e. The second kappa shape index (κ2) is 8.50.